The molecule has 2 nitrogen and oxygen atoms in total. The fourth-order valence-corrected chi connectivity index (χ4v) is 3.77. The SMILES string of the molecule is COCC(CN(C)C)(c1ccccc1)C1CCCC1. The van der Waals surface area contributed by atoms with Crippen molar-refractivity contribution in [1.29, 1.82) is 0 Å². The number of hydrogen-bond donors (Lipinski definition) is 0. The molecular formula is C17H27NO. The van der Waals surface area contributed by atoms with Crippen LogP contribution in [-0.4, -0.2) is 39.3 Å². The van der Waals surface area contributed by atoms with E-state index >= 15 is 0 Å². The zero-order chi connectivity index (χ0) is 13.7. The van der Waals surface area contributed by atoms with Gasteiger partial charge in [0.2, 0.25) is 0 Å². The van der Waals surface area contributed by atoms with Crippen molar-refractivity contribution in [3.05, 3.63) is 35.9 Å². The van der Waals surface area contributed by atoms with Gasteiger partial charge in [-0.2, -0.15) is 0 Å². The Hall–Kier alpha value is -0.860. The third-order valence-electron chi connectivity index (χ3n) is 4.49. The van der Waals surface area contributed by atoms with E-state index in [9.17, 15) is 0 Å². The summed E-state index contributed by atoms with van der Waals surface area (Å²) in [7, 11) is 6.17. The molecule has 0 spiro atoms. The number of rotatable bonds is 6. The third-order valence-corrected chi connectivity index (χ3v) is 4.49. The molecule has 0 heterocycles. The number of methoxy groups -OCH3 is 1. The largest absolute Gasteiger partial charge is 0.384 e. The van der Waals surface area contributed by atoms with Crippen molar-refractivity contribution in [3.63, 3.8) is 0 Å². The average Bonchev–Trinajstić information content (AvgIpc) is 2.93. The Morgan fingerprint density at radius 2 is 1.79 bits per heavy atom. The van der Waals surface area contributed by atoms with Crippen molar-refractivity contribution in [3.8, 4) is 0 Å². The van der Waals surface area contributed by atoms with E-state index in [-0.39, 0.29) is 5.41 Å². The van der Waals surface area contributed by atoms with E-state index in [1.165, 1.54) is 31.2 Å². The normalized spacial score (nSPS) is 19.8. The summed E-state index contributed by atoms with van der Waals surface area (Å²) in [4.78, 5) is 2.31. The second-order valence-electron chi connectivity index (χ2n) is 6.17. The van der Waals surface area contributed by atoms with Crippen molar-refractivity contribution in [2.75, 3.05) is 34.4 Å². The number of likely N-dealkylation sites (N-methyl/N-ethyl adjacent to an activating group) is 1. The summed E-state index contributed by atoms with van der Waals surface area (Å²) < 4.78 is 5.65. The van der Waals surface area contributed by atoms with Crippen LogP contribution in [0.25, 0.3) is 0 Å². The van der Waals surface area contributed by atoms with Crippen LogP contribution in [0.5, 0.6) is 0 Å². The maximum atomic E-state index is 5.65. The van der Waals surface area contributed by atoms with Gasteiger partial charge < -0.3 is 9.64 Å². The van der Waals surface area contributed by atoms with Gasteiger partial charge in [-0.25, -0.2) is 0 Å². The minimum Gasteiger partial charge on any atom is -0.384 e. The fourth-order valence-electron chi connectivity index (χ4n) is 3.77. The molecule has 1 aromatic carbocycles. The molecule has 0 aliphatic heterocycles. The van der Waals surface area contributed by atoms with Crippen molar-refractivity contribution in [2.24, 2.45) is 5.92 Å². The van der Waals surface area contributed by atoms with Crippen LogP contribution in [0.1, 0.15) is 31.2 Å². The molecular weight excluding hydrogens is 234 g/mol. The second kappa shape index (κ2) is 6.53. The zero-order valence-electron chi connectivity index (χ0n) is 12.6. The van der Waals surface area contributed by atoms with Gasteiger partial charge in [0.05, 0.1) is 6.61 Å². The lowest BCUT2D eigenvalue weighted by molar-refractivity contribution is 0.0708. The standard InChI is InChI=1S/C17H27NO/c1-18(2)13-17(14-19-3,16-11-7-8-12-16)15-9-5-4-6-10-15/h4-6,9-10,16H,7-8,11-14H2,1-3H3. The van der Waals surface area contributed by atoms with E-state index < -0.39 is 0 Å². The van der Waals surface area contributed by atoms with Gasteiger partial charge in [0.25, 0.3) is 0 Å². The maximum Gasteiger partial charge on any atom is 0.0574 e. The summed E-state index contributed by atoms with van der Waals surface area (Å²) in [6.07, 6.45) is 5.42. The predicted molar refractivity (Wildman–Crippen MR) is 80.5 cm³/mol. The topological polar surface area (TPSA) is 12.5 Å². The van der Waals surface area contributed by atoms with Crippen molar-refractivity contribution in [1.82, 2.24) is 4.90 Å². The van der Waals surface area contributed by atoms with Crippen LogP contribution in [0.15, 0.2) is 30.3 Å². The lowest BCUT2D eigenvalue weighted by Gasteiger charge is -2.41. The van der Waals surface area contributed by atoms with E-state index in [2.05, 4.69) is 49.3 Å². The van der Waals surface area contributed by atoms with Crippen LogP contribution in [0.4, 0.5) is 0 Å². The van der Waals surface area contributed by atoms with E-state index in [0.717, 1.165) is 19.1 Å². The van der Waals surface area contributed by atoms with Gasteiger partial charge in [-0.15, -0.1) is 0 Å². The Morgan fingerprint density at radius 3 is 2.32 bits per heavy atom. The molecule has 1 fully saturated rings. The van der Waals surface area contributed by atoms with Crippen LogP contribution < -0.4 is 0 Å². The first-order chi connectivity index (χ1) is 9.19. The predicted octanol–water partition coefficient (Wildman–Crippen LogP) is 3.32. The van der Waals surface area contributed by atoms with E-state index in [4.69, 9.17) is 4.74 Å². The number of benzene rings is 1. The summed E-state index contributed by atoms with van der Waals surface area (Å²) >= 11 is 0. The van der Waals surface area contributed by atoms with E-state index in [0.29, 0.717) is 0 Å². The monoisotopic (exact) mass is 261 g/mol. The highest BCUT2D eigenvalue weighted by Crippen LogP contribution is 2.43. The summed E-state index contributed by atoms with van der Waals surface area (Å²) in [6, 6.07) is 11.0. The molecule has 2 heteroatoms. The molecule has 19 heavy (non-hydrogen) atoms. The van der Waals surface area contributed by atoms with Crippen molar-refractivity contribution < 1.29 is 4.74 Å². The van der Waals surface area contributed by atoms with Gasteiger partial charge >= 0.3 is 0 Å². The first-order valence-electron chi connectivity index (χ1n) is 7.38. The van der Waals surface area contributed by atoms with Crippen molar-refractivity contribution >= 4 is 0 Å². The average molecular weight is 261 g/mol. The van der Waals surface area contributed by atoms with Crippen LogP contribution in [0.3, 0.4) is 0 Å². The van der Waals surface area contributed by atoms with Gasteiger partial charge in [-0.1, -0.05) is 43.2 Å². The summed E-state index contributed by atoms with van der Waals surface area (Å²) in [5.41, 5.74) is 1.59. The first kappa shape index (κ1) is 14.5. The van der Waals surface area contributed by atoms with Crippen LogP contribution in [0.2, 0.25) is 0 Å². The quantitative estimate of drug-likeness (QED) is 0.779. The molecule has 0 saturated heterocycles. The highest BCUT2D eigenvalue weighted by atomic mass is 16.5. The van der Waals surface area contributed by atoms with Crippen molar-refractivity contribution in [2.45, 2.75) is 31.1 Å². The highest BCUT2D eigenvalue weighted by molar-refractivity contribution is 5.28. The molecule has 1 atom stereocenters. The maximum absolute atomic E-state index is 5.65. The van der Waals surface area contributed by atoms with Gasteiger partial charge in [0, 0.05) is 19.1 Å². The highest BCUT2D eigenvalue weighted by Gasteiger charge is 2.42. The molecule has 0 N–H and O–H groups in total. The van der Waals surface area contributed by atoms with E-state index in [1.807, 2.05) is 7.11 Å². The number of nitrogens with zero attached hydrogens (tertiary/aromatic N) is 1. The lowest BCUT2D eigenvalue weighted by atomic mass is 9.69. The Morgan fingerprint density at radius 1 is 1.16 bits per heavy atom. The fraction of sp³-hybridized carbons (Fsp3) is 0.647. The molecule has 0 aromatic heterocycles. The second-order valence-corrected chi connectivity index (χ2v) is 6.17. The molecule has 1 unspecified atom stereocenters. The van der Waals surface area contributed by atoms with Gasteiger partial charge in [0.1, 0.15) is 0 Å². The molecule has 0 radical (unpaired) electrons. The molecule has 2 rings (SSSR count). The van der Waals surface area contributed by atoms with Gasteiger partial charge in [-0.05, 0) is 38.4 Å². The number of hydrogen-bond acceptors (Lipinski definition) is 2. The zero-order valence-corrected chi connectivity index (χ0v) is 12.6. The van der Waals surface area contributed by atoms with E-state index in [1.54, 1.807) is 0 Å². The van der Waals surface area contributed by atoms with Crippen LogP contribution in [0, 0.1) is 5.92 Å². The molecule has 1 saturated carbocycles. The Labute approximate surface area is 117 Å². The minimum atomic E-state index is 0.149. The Kier molecular flexibility index (Phi) is 5.00. The molecule has 1 aliphatic rings. The lowest BCUT2D eigenvalue weighted by Crippen LogP contribution is -2.46. The first-order valence-corrected chi connectivity index (χ1v) is 7.38. The van der Waals surface area contributed by atoms with Gasteiger partial charge in [0.15, 0.2) is 0 Å². The van der Waals surface area contributed by atoms with Crippen LogP contribution >= 0.6 is 0 Å². The number of ether oxygens (including phenoxy) is 1. The van der Waals surface area contributed by atoms with Crippen LogP contribution in [-0.2, 0) is 10.2 Å². The molecule has 0 amide bonds. The smallest absolute Gasteiger partial charge is 0.0574 e. The molecule has 106 valence electrons. The van der Waals surface area contributed by atoms with Gasteiger partial charge in [-0.3, -0.25) is 0 Å². The summed E-state index contributed by atoms with van der Waals surface area (Å²) in [6.45, 7) is 1.88. The summed E-state index contributed by atoms with van der Waals surface area (Å²) in [5.74, 6) is 0.747. The molecule has 1 aromatic rings. The third kappa shape index (κ3) is 3.18. The molecule has 0 bridgehead atoms. The Bertz CT molecular complexity index is 370. The molecule has 1 aliphatic carbocycles. The summed E-state index contributed by atoms with van der Waals surface area (Å²) in [5, 5.41) is 0. The minimum absolute atomic E-state index is 0.149. The Balaban J connectivity index is 2.38.